The summed E-state index contributed by atoms with van der Waals surface area (Å²) in [5.41, 5.74) is 4.63. The number of fused-ring (bicyclic) bond motifs is 1. The highest BCUT2D eigenvalue weighted by Gasteiger charge is 2.42. The zero-order chi connectivity index (χ0) is 24.1. The van der Waals surface area contributed by atoms with Gasteiger partial charge in [-0.15, -0.1) is 0 Å². The second-order valence-corrected chi connectivity index (χ2v) is 9.63. The Morgan fingerprint density at radius 1 is 1.15 bits per heavy atom. The fraction of sp³-hybridized carbons (Fsp3) is 0.316. The van der Waals surface area contributed by atoms with Crippen LogP contribution in [0.1, 0.15) is 31.2 Å². The van der Waals surface area contributed by atoms with Gasteiger partial charge in [-0.2, -0.15) is 4.31 Å². The van der Waals surface area contributed by atoms with E-state index >= 15 is 0 Å². The highest BCUT2D eigenvalue weighted by atomic mass is 32.2. The molecule has 0 unspecified atom stereocenters. The molecule has 13 nitrogen and oxygen atoms in total. The molecule has 0 atom stereocenters. The van der Waals surface area contributed by atoms with Crippen molar-refractivity contribution in [3.8, 4) is 0 Å². The summed E-state index contributed by atoms with van der Waals surface area (Å²) in [5, 5.41) is 11.2. The summed E-state index contributed by atoms with van der Waals surface area (Å²) >= 11 is 0. The molecule has 2 aliphatic rings. The molecule has 174 valence electrons. The second kappa shape index (κ2) is 8.06. The predicted molar refractivity (Wildman–Crippen MR) is 113 cm³/mol. The second-order valence-electron chi connectivity index (χ2n) is 7.69. The van der Waals surface area contributed by atoms with E-state index in [1.165, 1.54) is 46.4 Å². The summed E-state index contributed by atoms with van der Waals surface area (Å²) < 4.78 is 28.5. The molecule has 0 aliphatic carbocycles. The number of benzene rings is 1. The van der Waals surface area contributed by atoms with E-state index in [9.17, 15) is 32.9 Å². The minimum atomic E-state index is -3.87. The van der Waals surface area contributed by atoms with Crippen molar-refractivity contribution in [2.45, 2.75) is 4.90 Å². The van der Waals surface area contributed by atoms with Gasteiger partial charge in [0.1, 0.15) is 16.2 Å². The lowest BCUT2D eigenvalue weighted by Gasteiger charge is -2.35. The molecule has 4 rings (SSSR count). The molecular weight excluding hydrogens is 456 g/mol. The lowest BCUT2D eigenvalue weighted by atomic mass is 10.1. The smallest absolute Gasteiger partial charge is 0.282 e. The van der Waals surface area contributed by atoms with Crippen molar-refractivity contribution in [2.24, 2.45) is 12.8 Å². The van der Waals surface area contributed by atoms with Crippen molar-refractivity contribution in [3.63, 3.8) is 0 Å². The molecule has 0 spiro atoms. The number of nitro groups is 1. The van der Waals surface area contributed by atoms with Gasteiger partial charge in [0.2, 0.25) is 10.0 Å². The summed E-state index contributed by atoms with van der Waals surface area (Å²) in [5.74, 6) is -2.12. The van der Waals surface area contributed by atoms with E-state index in [1.807, 2.05) is 0 Å². The number of carbonyl (C=O) groups is 3. The van der Waals surface area contributed by atoms with E-state index in [1.54, 1.807) is 4.90 Å². The van der Waals surface area contributed by atoms with Crippen LogP contribution in [0, 0.1) is 10.1 Å². The summed E-state index contributed by atoms with van der Waals surface area (Å²) in [7, 11) is -2.36. The topological polar surface area (TPSA) is 169 Å². The maximum absolute atomic E-state index is 12.9. The van der Waals surface area contributed by atoms with Crippen molar-refractivity contribution in [1.82, 2.24) is 18.7 Å². The minimum absolute atomic E-state index is 0.0234. The molecule has 2 N–H and O–H groups in total. The number of amides is 3. The normalized spacial score (nSPS) is 17.4. The van der Waals surface area contributed by atoms with E-state index in [4.69, 9.17) is 5.73 Å². The molecule has 0 bridgehead atoms. The van der Waals surface area contributed by atoms with Crippen LogP contribution in [0.4, 0.5) is 5.69 Å². The Balaban J connectivity index is 1.45. The van der Waals surface area contributed by atoms with Crippen LogP contribution in [0.15, 0.2) is 35.4 Å². The molecule has 0 saturated carbocycles. The number of nitro benzene ring substituents is 1. The van der Waals surface area contributed by atoms with Crippen LogP contribution in [0.3, 0.4) is 0 Å². The zero-order valence-electron chi connectivity index (χ0n) is 17.5. The summed E-state index contributed by atoms with van der Waals surface area (Å²) in [4.78, 5) is 50.0. The van der Waals surface area contributed by atoms with Crippen molar-refractivity contribution in [1.29, 1.82) is 0 Å². The standard InChI is InChI=1S/C19H20N6O7S/c1-21-10-12(9-15(21)17(20)26)33(31,32)23-7-5-22(6-8-23)11-24-18(27)13-3-2-4-14(25(29)30)16(13)19(24)28/h2-4,9-10H,5-8,11H2,1H3,(H2,20,26). The highest BCUT2D eigenvalue weighted by molar-refractivity contribution is 7.89. The molecule has 1 saturated heterocycles. The van der Waals surface area contributed by atoms with Crippen LogP contribution in [-0.4, -0.2) is 82.6 Å². The summed E-state index contributed by atoms with van der Waals surface area (Å²) in [6, 6.07) is 5.11. The fourth-order valence-electron chi connectivity index (χ4n) is 3.98. The van der Waals surface area contributed by atoms with Crippen molar-refractivity contribution < 1.29 is 27.7 Å². The molecule has 1 fully saturated rings. The molecule has 2 aromatic rings. The molecule has 33 heavy (non-hydrogen) atoms. The van der Waals surface area contributed by atoms with Gasteiger partial charge in [-0.25, -0.2) is 8.42 Å². The van der Waals surface area contributed by atoms with Gasteiger partial charge in [0.25, 0.3) is 23.4 Å². The first-order valence-corrected chi connectivity index (χ1v) is 11.3. The maximum atomic E-state index is 12.9. The van der Waals surface area contributed by atoms with Crippen LogP contribution in [-0.2, 0) is 17.1 Å². The quantitative estimate of drug-likeness (QED) is 0.333. The molecule has 3 heterocycles. The van der Waals surface area contributed by atoms with Crippen molar-refractivity contribution in [3.05, 3.63) is 57.4 Å². The Morgan fingerprint density at radius 2 is 1.82 bits per heavy atom. The largest absolute Gasteiger partial charge is 0.364 e. The number of carbonyl (C=O) groups excluding carboxylic acids is 3. The molecule has 1 aromatic heterocycles. The number of sulfonamides is 1. The fourth-order valence-corrected chi connectivity index (χ4v) is 5.47. The van der Waals surface area contributed by atoms with Gasteiger partial charge in [-0.3, -0.25) is 34.3 Å². The Hall–Kier alpha value is -3.62. The van der Waals surface area contributed by atoms with E-state index in [0.717, 1.165) is 4.90 Å². The van der Waals surface area contributed by atoms with Gasteiger partial charge in [-0.1, -0.05) is 6.07 Å². The van der Waals surface area contributed by atoms with Gasteiger partial charge in [0.05, 0.1) is 17.2 Å². The molecule has 3 amide bonds. The third kappa shape index (κ3) is 3.77. The Labute approximate surface area is 188 Å². The average molecular weight is 476 g/mol. The van der Waals surface area contributed by atoms with Crippen LogP contribution in [0.25, 0.3) is 0 Å². The van der Waals surface area contributed by atoms with Gasteiger partial charge >= 0.3 is 0 Å². The van der Waals surface area contributed by atoms with Crippen LogP contribution >= 0.6 is 0 Å². The summed E-state index contributed by atoms with van der Waals surface area (Å²) in [6.07, 6.45) is 1.31. The zero-order valence-corrected chi connectivity index (χ0v) is 18.3. The van der Waals surface area contributed by atoms with Crippen LogP contribution in [0.2, 0.25) is 0 Å². The third-order valence-electron chi connectivity index (χ3n) is 5.72. The Kier molecular flexibility index (Phi) is 5.51. The Bertz CT molecular complexity index is 1290. The first-order valence-electron chi connectivity index (χ1n) is 9.84. The monoisotopic (exact) mass is 476 g/mol. The predicted octanol–water partition coefficient (Wildman–Crippen LogP) is -0.408. The van der Waals surface area contributed by atoms with Crippen LogP contribution in [0.5, 0.6) is 0 Å². The first kappa shape index (κ1) is 22.6. The number of aryl methyl sites for hydroxylation is 1. The summed E-state index contributed by atoms with van der Waals surface area (Å²) in [6.45, 7) is 0.516. The maximum Gasteiger partial charge on any atom is 0.282 e. The number of primary amides is 1. The number of aromatic nitrogens is 1. The van der Waals surface area contributed by atoms with E-state index in [-0.39, 0.29) is 54.6 Å². The van der Waals surface area contributed by atoms with Crippen molar-refractivity contribution in [2.75, 3.05) is 32.8 Å². The van der Waals surface area contributed by atoms with Crippen LogP contribution < -0.4 is 5.73 Å². The molecule has 14 heteroatoms. The average Bonchev–Trinajstić information content (AvgIpc) is 3.28. The number of nitrogens with two attached hydrogens (primary N) is 1. The molecule has 0 radical (unpaired) electrons. The number of hydrogen-bond acceptors (Lipinski definition) is 8. The minimum Gasteiger partial charge on any atom is -0.364 e. The van der Waals surface area contributed by atoms with Gasteiger partial charge in [-0.05, 0) is 12.1 Å². The number of rotatable bonds is 6. The Morgan fingerprint density at radius 3 is 2.39 bits per heavy atom. The number of hydrogen-bond donors (Lipinski definition) is 1. The van der Waals surface area contributed by atoms with E-state index in [2.05, 4.69) is 0 Å². The van der Waals surface area contributed by atoms with Gasteiger partial charge in [0, 0.05) is 45.5 Å². The highest BCUT2D eigenvalue weighted by Crippen LogP contribution is 2.31. The number of piperazine rings is 1. The lowest BCUT2D eigenvalue weighted by Crippen LogP contribution is -2.52. The number of imide groups is 1. The SMILES string of the molecule is Cn1cc(S(=O)(=O)N2CCN(CN3C(=O)c4cccc([N+](=O)[O-])c4C3=O)CC2)cc1C(N)=O. The van der Waals surface area contributed by atoms with Gasteiger partial charge in [0.15, 0.2) is 0 Å². The van der Waals surface area contributed by atoms with E-state index < -0.39 is 38.4 Å². The number of nitrogens with zero attached hydrogens (tertiary/aromatic N) is 5. The lowest BCUT2D eigenvalue weighted by molar-refractivity contribution is -0.385. The van der Waals surface area contributed by atoms with Crippen molar-refractivity contribution >= 4 is 33.4 Å². The van der Waals surface area contributed by atoms with E-state index in [0.29, 0.717) is 0 Å². The molecule has 2 aliphatic heterocycles. The molecule has 1 aromatic carbocycles. The van der Waals surface area contributed by atoms with Gasteiger partial charge < -0.3 is 10.3 Å². The first-order chi connectivity index (χ1) is 15.5. The third-order valence-corrected chi connectivity index (χ3v) is 7.58. The molecular formula is C19H20N6O7S.